The minimum Gasteiger partial charge on any atom is -0.392 e. The molecule has 2 fully saturated rings. The van der Waals surface area contributed by atoms with Gasteiger partial charge in [-0.1, -0.05) is 42.5 Å². The average Bonchev–Trinajstić information content (AvgIpc) is 3.85. The van der Waals surface area contributed by atoms with E-state index in [1.165, 1.54) is 15.8 Å². The van der Waals surface area contributed by atoms with Crippen LogP contribution in [0.1, 0.15) is 46.9 Å². The number of aryl methyl sites for hydroxylation is 1. The molecule has 2 aliphatic heterocycles. The molecular weight excluding hydrogens is 687 g/mol. The number of thiazole rings is 1. The van der Waals surface area contributed by atoms with E-state index in [0.717, 1.165) is 59.1 Å². The van der Waals surface area contributed by atoms with Crippen LogP contribution in [-0.2, 0) is 24.5 Å². The fraction of sp³-hybridized carbons (Fsp3) is 0.341. The third-order valence-corrected chi connectivity index (χ3v) is 11.9. The van der Waals surface area contributed by atoms with E-state index in [2.05, 4.69) is 38.1 Å². The van der Waals surface area contributed by atoms with Gasteiger partial charge in [0.25, 0.3) is 5.56 Å². The first-order chi connectivity index (χ1) is 25.8. The van der Waals surface area contributed by atoms with Crippen LogP contribution < -0.4 is 5.56 Å². The molecule has 8 rings (SSSR count). The predicted octanol–water partition coefficient (Wildman–Crippen LogP) is 5.17. The molecule has 0 spiro atoms. The zero-order valence-corrected chi connectivity index (χ0v) is 30.5. The van der Waals surface area contributed by atoms with Crippen molar-refractivity contribution in [1.82, 2.24) is 33.9 Å². The lowest BCUT2D eigenvalue weighted by Gasteiger charge is -2.43. The van der Waals surface area contributed by atoms with E-state index in [4.69, 9.17) is 0 Å². The Morgan fingerprint density at radius 3 is 2.47 bits per heavy atom. The van der Waals surface area contributed by atoms with E-state index < -0.39 is 5.60 Å². The van der Waals surface area contributed by atoms with Crippen molar-refractivity contribution in [2.75, 3.05) is 26.2 Å². The van der Waals surface area contributed by atoms with Crippen molar-refractivity contribution in [3.05, 3.63) is 130 Å². The van der Waals surface area contributed by atoms with Crippen LogP contribution in [0.25, 0.3) is 27.3 Å². The van der Waals surface area contributed by atoms with Crippen molar-refractivity contribution in [3.8, 4) is 16.3 Å². The number of carbonyl (C=O) groups excluding carboxylic acids is 1. The molecule has 4 aromatic heterocycles. The highest BCUT2D eigenvalue weighted by Gasteiger charge is 2.41. The second-order valence-electron chi connectivity index (χ2n) is 14.4. The number of amides is 1. The zero-order chi connectivity index (χ0) is 36.5. The van der Waals surface area contributed by atoms with Crippen LogP contribution in [-0.4, -0.2) is 81.8 Å². The number of nitrogens with zero attached hydrogens (tertiary/aromatic N) is 7. The topological polar surface area (TPSA) is 130 Å². The molecule has 2 saturated heterocycles. The largest absolute Gasteiger partial charge is 0.392 e. The summed E-state index contributed by atoms with van der Waals surface area (Å²) in [5, 5.41) is 22.5. The molecular formula is C41H43N7O4S. The van der Waals surface area contributed by atoms with Gasteiger partial charge in [-0.3, -0.25) is 24.0 Å². The summed E-state index contributed by atoms with van der Waals surface area (Å²) in [4.78, 5) is 47.0. The average molecular weight is 730 g/mol. The number of carbonyl (C=O) groups is 1. The molecule has 2 aromatic carbocycles. The molecule has 2 N–H and O–H groups in total. The smallest absolute Gasteiger partial charge is 0.262 e. The van der Waals surface area contributed by atoms with E-state index >= 15 is 0 Å². The molecule has 1 amide bonds. The second kappa shape index (κ2) is 14.8. The molecule has 0 saturated carbocycles. The number of piperidine rings is 2. The lowest BCUT2D eigenvalue weighted by Crippen LogP contribution is -2.53. The molecule has 53 heavy (non-hydrogen) atoms. The van der Waals surface area contributed by atoms with Crippen LogP contribution in [0.2, 0.25) is 0 Å². The maximum absolute atomic E-state index is 14.2. The lowest BCUT2D eigenvalue weighted by atomic mass is 9.79. The van der Waals surface area contributed by atoms with Gasteiger partial charge in [-0.15, -0.1) is 11.3 Å². The summed E-state index contributed by atoms with van der Waals surface area (Å²) in [7, 11) is 0. The quantitative estimate of drug-likeness (QED) is 0.209. The summed E-state index contributed by atoms with van der Waals surface area (Å²) in [6.07, 6.45) is 8.65. The fourth-order valence-corrected chi connectivity index (χ4v) is 8.76. The van der Waals surface area contributed by atoms with Crippen molar-refractivity contribution >= 4 is 28.3 Å². The van der Waals surface area contributed by atoms with Crippen molar-refractivity contribution < 1.29 is 15.0 Å². The SMILES string of the molecule is Cc1ccc(-c2ncc(CN3CC[C@@H](C(=O)N4CCC(O)(Cn5cnc6c(ccn6-c6ccc(CO)cc6)c5=O)CC4)[C@H](c4ccccc4)C3)s2)cn1. The van der Waals surface area contributed by atoms with Crippen LogP contribution in [0, 0.1) is 12.8 Å². The lowest BCUT2D eigenvalue weighted by molar-refractivity contribution is -0.142. The van der Waals surface area contributed by atoms with E-state index in [-0.39, 0.29) is 36.5 Å². The Hall–Kier alpha value is -5.01. The molecule has 11 nitrogen and oxygen atoms in total. The summed E-state index contributed by atoms with van der Waals surface area (Å²) in [5.41, 5.74) is 3.99. The van der Waals surface area contributed by atoms with Gasteiger partial charge in [-0.2, -0.15) is 0 Å². The monoisotopic (exact) mass is 729 g/mol. The molecule has 0 radical (unpaired) electrons. The van der Waals surface area contributed by atoms with Gasteiger partial charge in [-0.25, -0.2) is 9.97 Å². The molecule has 2 aliphatic rings. The molecule has 0 aliphatic carbocycles. The van der Waals surface area contributed by atoms with Gasteiger partial charge in [0.05, 0.1) is 24.1 Å². The van der Waals surface area contributed by atoms with Gasteiger partial charge in [0.2, 0.25) is 5.91 Å². The first kappa shape index (κ1) is 35.0. The molecule has 6 aromatic rings. The summed E-state index contributed by atoms with van der Waals surface area (Å²) < 4.78 is 3.33. The normalized spacial score (nSPS) is 19.1. The van der Waals surface area contributed by atoms with Crippen LogP contribution in [0.4, 0.5) is 0 Å². The number of aliphatic hydroxyl groups excluding tert-OH is 1. The van der Waals surface area contributed by atoms with Gasteiger partial charge in [0.1, 0.15) is 11.3 Å². The molecule has 272 valence electrons. The predicted molar refractivity (Wildman–Crippen MR) is 205 cm³/mol. The van der Waals surface area contributed by atoms with Crippen LogP contribution in [0.15, 0.2) is 103 Å². The third-order valence-electron chi connectivity index (χ3n) is 10.9. The zero-order valence-electron chi connectivity index (χ0n) is 29.7. The van der Waals surface area contributed by atoms with Crippen molar-refractivity contribution in [2.45, 2.75) is 57.4 Å². The Kier molecular flexibility index (Phi) is 9.78. The van der Waals surface area contributed by atoms with Gasteiger partial charge in [0, 0.05) is 78.4 Å². The Balaban J connectivity index is 0.923. The van der Waals surface area contributed by atoms with Crippen LogP contribution in [0.3, 0.4) is 0 Å². The molecule has 0 unspecified atom stereocenters. The van der Waals surface area contributed by atoms with E-state index in [1.54, 1.807) is 17.4 Å². The maximum atomic E-state index is 14.2. The summed E-state index contributed by atoms with van der Waals surface area (Å²) in [5.74, 6) is 0.0259. The highest BCUT2D eigenvalue weighted by atomic mass is 32.1. The number of likely N-dealkylation sites (tertiary alicyclic amines) is 2. The minimum absolute atomic E-state index is 0.0398. The van der Waals surface area contributed by atoms with Crippen LogP contribution in [0.5, 0.6) is 0 Å². The maximum Gasteiger partial charge on any atom is 0.262 e. The van der Waals surface area contributed by atoms with Gasteiger partial charge in [-0.05, 0) is 74.2 Å². The fourth-order valence-electron chi connectivity index (χ4n) is 7.82. The number of aliphatic hydroxyl groups is 2. The Morgan fingerprint density at radius 1 is 0.943 bits per heavy atom. The minimum atomic E-state index is -1.14. The molecule has 6 heterocycles. The first-order valence-corrected chi connectivity index (χ1v) is 19.0. The molecule has 2 atom stereocenters. The highest BCUT2D eigenvalue weighted by Crippen LogP contribution is 2.37. The molecule has 12 heteroatoms. The molecule has 0 bridgehead atoms. The first-order valence-electron chi connectivity index (χ1n) is 18.2. The number of rotatable bonds is 9. The van der Waals surface area contributed by atoms with E-state index in [9.17, 15) is 19.8 Å². The number of aromatic nitrogens is 5. The summed E-state index contributed by atoms with van der Waals surface area (Å²) in [6.45, 7) is 5.26. The van der Waals surface area contributed by atoms with Crippen LogP contribution >= 0.6 is 11.3 Å². The Labute approximate surface area is 311 Å². The van der Waals surface area contributed by atoms with Gasteiger partial charge in [0.15, 0.2) is 5.65 Å². The highest BCUT2D eigenvalue weighted by molar-refractivity contribution is 7.15. The van der Waals surface area contributed by atoms with E-state index in [0.29, 0.717) is 37.0 Å². The number of benzene rings is 2. The summed E-state index contributed by atoms with van der Waals surface area (Å²) in [6, 6.07) is 23.6. The van der Waals surface area contributed by atoms with Crippen molar-refractivity contribution in [1.29, 1.82) is 0 Å². The number of hydrogen-bond acceptors (Lipinski definition) is 9. The second-order valence-corrected chi connectivity index (χ2v) is 15.6. The van der Waals surface area contributed by atoms with Gasteiger partial charge >= 0.3 is 0 Å². The summed E-state index contributed by atoms with van der Waals surface area (Å²) >= 11 is 1.69. The number of pyridine rings is 1. The Bertz CT molecular complexity index is 2260. The van der Waals surface area contributed by atoms with E-state index in [1.807, 2.05) is 83.5 Å². The van der Waals surface area contributed by atoms with Crippen molar-refractivity contribution in [3.63, 3.8) is 0 Å². The third kappa shape index (κ3) is 7.32. The van der Waals surface area contributed by atoms with Crippen molar-refractivity contribution in [2.24, 2.45) is 5.92 Å². The number of hydrogen-bond donors (Lipinski definition) is 2. The van der Waals surface area contributed by atoms with Gasteiger partial charge < -0.3 is 19.7 Å². The Morgan fingerprint density at radius 2 is 1.74 bits per heavy atom. The standard InChI is InChI=1S/C41H43N7O4S/c1-28-7-10-31(21-42-28)38-43-22-33(53-38)23-45-17-13-34(36(24-45)30-5-3-2-4-6-30)39(50)46-19-15-41(52,16-20-46)26-47-27-44-37-35(40(47)51)14-18-48(37)32-11-8-29(25-49)9-12-32/h2-12,14,18,21-22,27,34,36,49,52H,13,15-17,19-20,23-26H2,1H3/t34-,36+/m1/s1. The number of fused-ring (bicyclic) bond motifs is 1.